The molecule has 0 spiro atoms. The Morgan fingerprint density at radius 3 is 2.50 bits per heavy atom. The van der Waals surface area contributed by atoms with Crippen LogP contribution in [0.15, 0.2) is 60.5 Å². The molecule has 0 aliphatic rings. The molecule has 126 valence electrons. The number of carbonyl (C=O) groups excluding carboxylic acids is 1. The van der Waals surface area contributed by atoms with E-state index in [0.717, 1.165) is 11.0 Å². The average Bonchev–Trinajstić information content (AvgIpc) is 2.60. The van der Waals surface area contributed by atoms with Crippen molar-refractivity contribution in [1.29, 1.82) is 0 Å². The molecule has 0 N–H and O–H groups in total. The summed E-state index contributed by atoms with van der Waals surface area (Å²) in [5.74, 6) is -0.432. The Labute approximate surface area is 141 Å². The molecule has 2 aromatic rings. The van der Waals surface area contributed by atoms with Crippen LogP contribution in [0.25, 0.3) is 0 Å². The van der Waals surface area contributed by atoms with E-state index in [4.69, 9.17) is 9.47 Å². The van der Waals surface area contributed by atoms with Gasteiger partial charge in [0.1, 0.15) is 12.4 Å². The lowest BCUT2D eigenvalue weighted by molar-refractivity contribution is 0.0472. The first-order chi connectivity index (χ1) is 11.4. The highest BCUT2D eigenvalue weighted by atomic mass is 32.2. The summed E-state index contributed by atoms with van der Waals surface area (Å²) in [5, 5.41) is 0.882. The van der Waals surface area contributed by atoms with E-state index >= 15 is 0 Å². The summed E-state index contributed by atoms with van der Waals surface area (Å²) < 4.78 is 33.9. The van der Waals surface area contributed by atoms with Crippen LogP contribution in [-0.2, 0) is 26.9 Å². The fourth-order valence-corrected chi connectivity index (χ4v) is 2.88. The third kappa shape index (κ3) is 4.70. The molecule has 2 aromatic carbocycles. The maximum atomic E-state index is 12.2. The summed E-state index contributed by atoms with van der Waals surface area (Å²) in [7, 11) is -2.03. The molecule has 0 radical (unpaired) electrons. The number of ether oxygens (including phenoxy) is 2. The Kier molecular flexibility index (Phi) is 5.76. The molecular weight excluding hydrogens is 328 g/mol. The van der Waals surface area contributed by atoms with Crippen LogP contribution in [-0.4, -0.2) is 21.5 Å². The van der Waals surface area contributed by atoms with Crippen molar-refractivity contribution in [2.24, 2.45) is 0 Å². The van der Waals surface area contributed by atoms with Crippen molar-refractivity contribution >= 4 is 15.8 Å². The minimum Gasteiger partial charge on any atom is -0.496 e. The van der Waals surface area contributed by atoms with Gasteiger partial charge in [-0.3, -0.25) is 0 Å². The molecule has 0 fully saturated rings. The van der Waals surface area contributed by atoms with Gasteiger partial charge in [-0.1, -0.05) is 36.9 Å². The Morgan fingerprint density at radius 2 is 1.88 bits per heavy atom. The van der Waals surface area contributed by atoms with Crippen LogP contribution in [0.3, 0.4) is 0 Å². The zero-order valence-corrected chi connectivity index (χ0v) is 14.1. The second-order valence-corrected chi connectivity index (χ2v) is 7.01. The van der Waals surface area contributed by atoms with E-state index in [9.17, 15) is 13.2 Å². The van der Waals surface area contributed by atoms with E-state index in [1.807, 2.05) is 30.3 Å². The van der Waals surface area contributed by atoms with Gasteiger partial charge in [-0.25, -0.2) is 13.2 Å². The number of rotatable bonds is 7. The van der Waals surface area contributed by atoms with Crippen molar-refractivity contribution in [3.8, 4) is 5.75 Å². The summed E-state index contributed by atoms with van der Waals surface area (Å²) in [6.45, 7) is 3.43. The SMILES string of the molecule is C=CS(=O)(=O)Cc1cc(C(=O)OCc2ccccc2)ccc1OC. The molecule has 6 heteroatoms. The van der Waals surface area contributed by atoms with Gasteiger partial charge in [0.25, 0.3) is 0 Å². The zero-order chi connectivity index (χ0) is 17.6. The Balaban J connectivity index is 2.18. The minimum atomic E-state index is -3.47. The summed E-state index contributed by atoms with van der Waals surface area (Å²) >= 11 is 0. The number of carbonyl (C=O) groups is 1. The minimum absolute atomic E-state index is 0.145. The molecule has 0 atom stereocenters. The van der Waals surface area contributed by atoms with Gasteiger partial charge in [-0.15, -0.1) is 0 Å². The largest absolute Gasteiger partial charge is 0.496 e. The molecule has 2 rings (SSSR count). The van der Waals surface area contributed by atoms with Gasteiger partial charge in [0.05, 0.1) is 18.4 Å². The van der Waals surface area contributed by atoms with E-state index in [-0.39, 0.29) is 17.9 Å². The van der Waals surface area contributed by atoms with E-state index < -0.39 is 15.8 Å². The second-order valence-electron chi connectivity index (χ2n) is 5.06. The van der Waals surface area contributed by atoms with Crippen LogP contribution in [0.5, 0.6) is 5.75 Å². The molecule has 0 saturated carbocycles. The topological polar surface area (TPSA) is 69.7 Å². The smallest absolute Gasteiger partial charge is 0.338 e. The van der Waals surface area contributed by atoms with E-state index in [2.05, 4.69) is 6.58 Å². The van der Waals surface area contributed by atoms with Crippen molar-refractivity contribution in [1.82, 2.24) is 0 Å². The van der Waals surface area contributed by atoms with Gasteiger partial charge >= 0.3 is 5.97 Å². The lowest BCUT2D eigenvalue weighted by Crippen LogP contribution is -2.08. The van der Waals surface area contributed by atoms with E-state index in [1.54, 1.807) is 6.07 Å². The number of sulfone groups is 1. The third-order valence-corrected chi connectivity index (χ3v) is 4.56. The lowest BCUT2D eigenvalue weighted by atomic mass is 10.1. The first kappa shape index (κ1) is 17.7. The lowest BCUT2D eigenvalue weighted by Gasteiger charge is -2.10. The monoisotopic (exact) mass is 346 g/mol. The molecule has 0 saturated heterocycles. The number of benzene rings is 2. The molecular formula is C18H18O5S. The molecule has 0 aromatic heterocycles. The maximum absolute atomic E-state index is 12.2. The summed E-state index contributed by atoms with van der Waals surface area (Å²) in [5.41, 5.74) is 1.52. The van der Waals surface area contributed by atoms with Crippen molar-refractivity contribution < 1.29 is 22.7 Å². The van der Waals surface area contributed by atoms with Gasteiger partial charge in [-0.2, -0.15) is 0 Å². The van der Waals surface area contributed by atoms with E-state index in [1.165, 1.54) is 19.2 Å². The first-order valence-electron chi connectivity index (χ1n) is 7.18. The van der Waals surface area contributed by atoms with Crippen molar-refractivity contribution in [2.45, 2.75) is 12.4 Å². The molecule has 0 aliphatic carbocycles. The Hall–Kier alpha value is -2.60. The predicted molar refractivity (Wildman–Crippen MR) is 91.4 cm³/mol. The highest BCUT2D eigenvalue weighted by molar-refractivity contribution is 7.93. The average molecular weight is 346 g/mol. The Morgan fingerprint density at radius 1 is 1.17 bits per heavy atom. The quantitative estimate of drug-likeness (QED) is 0.721. The van der Waals surface area contributed by atoms with Gasteiger partial charge in [0.2, 0.25) is 0 Å². The molecule has 0 bridgehead atoms. The van der Waals surface area contributed by atoms with Crippen LogP contribution in [0.4, 0.5) is 0 Å². The van der Waals surface area contributed by atoms with E-state index in [0.29, 0.717) is 11.3 Å². The maximum Gasteiger partial charge on any atom is 0.338 e. The highest BCUT2D eigenvalue weighted by Gasteiger charge is 2.16. The molecule has 0 amide bonds. The highest BCUT2D eigenvalue weighted by Crippen LogP contribution is 2.23. The molecule has 0 unspecified atom stereocenters. The van der Waals surface area contributed by atoms with Crippen LogP contribution in [0.1, 0.15) is 21.5 Å². The van der Waals surface area contributed by atoms with Crippen LogP contribution >= 0.6 is 0 Å². The summed E-state index contributed by atoms with van der Waals surface area (Å²) in [6, 6.07) is 13.8. The van der Waals surface area contributed by atoms with Gasteiger partial charge in [0.15, 0.2) is 9.84 Å². The number of hydrogen-bond donors (Lipinski definition) is 0. The standard InChI is InChI=1S/C18H18O5S/c1-3-24(20,21)13-16-11-15(9-10-17(16)22-2)18(19)23-12-14-7-5-4-6-8-14/h3-11H,1,12-13H2,2H3. The number of esters is 1. The first-order valence-corrected chi connectivity index (χ1v) is 8.90. The van der Waals surface area contributed by atoms with Gasteiger partial charge in [0, 0.05) is 11.0 Å². The summed E-state index contributed by atoms with van der Waals surface area (Å²) in [4.78, 5) is 12.2. The fraction of sp³-hybridized carbons (Fsp3) is 0.167. The van der Waals surface area contributed by atoms with Crippen LogP contribution < -0.4 is 4.74 Å². The van der Waals surface area contributed by atoms with Crippen molar-refractivity contribution in [3.05, 3.63) is 77.2 Å². The second kappa shape index (κ2) is 7.79. The van der Waals surface area contributed by atoms with Gasteiger partial charge < -0.3 is 9.47 Å². The molecule has 0 aliphatic heterocycles. The number of methoxy groups -OCH3 is 1. The van der Waals surface area contributed by atoms with Crippen LogP contribution in [0, 0.1) is 0 Å². The normalized spacial score (nSPS) is 10.9. The van der Waals surface area contributed by atoms with Crippen molar-refractivity contribution in [3.63, 3.8) is 0 Å². The van der Waals surface area contributed by atoms with Gasteiger partial charge in [-0.05, 0) is 23.8 Å². The summed E-state index contributed by atoms with van der Waals surface area (Å²) in [6.07, 6.45) is 0. The zero-order valence-electron chi connectivity index (χ0n) is 13.3. The fourth-order valence-electron chi connectivity index (χ4n) is 2.10. The van der Waals surface area contributed by atoms with Crippen LogP contribution in [0.2, 0.25) is 0 Å². The molecule has 5 nitrogen and oxygen atoms in total. The molecule has 24 heavy (non-hydrogen) atoms. The number of hydrogen-bond acceptors (Lipinski definition) is 5. The molecule has 0 heterocycles. The van der Waals surface area contributed by atoms with Crippen molar-refractivity contribution in [2.75, 3.05) is 7.11 Å². The third-order valence-electron chi connectivity index (χ3n) is 3.34. The Bertz CT molecular complexity index is 826. The predicted octanol–water partition coefficient (Wildman–Crippen LogP) is 3.11.